The maximum absolute atomic E-state index is 3.77. The molecule has 1 aliphatic rings. The monoisotopic (exact) mass is 450 g/mol. The van der Waals surface area contributed by atoms with Crippen molar-refractivity contribution >= 4 is 8.07 Å². The van der Waals surface area contributed by atoms with E-state index in [2.05, 4.69) is 78.5 Å². The Balaban J connectivity index is -0.00000121. The van der Waals surface area contributed by atoms with Crippen LogP contribution in [0, 0.1) is 26.8 Å². The van der Waals surface area contributed by atoms with E-state index in [0.717, 1.165) is 6.42 Å². The molecule has 0 spiro atoms. The van der Waals surface area contributed by atoms with E-state index in [-0.39, 0.29) is 64.4 Å². The largest absolute Gasteiger partial charge is 4.00 e. The zero-order chi connectivity index (χ0) is 16.0. The van der Waals surface area contributed by atoms with Crippen LogP contribution in [0.15, 0.2) is 29.0 Å². The fourth-order valence-electron chi connectivity index (χ4n) is 3.17. The van der Waals surface area contributed by atoms with Crippen LogP contribution in [0.5, 0.6) is 0 Å². The molecule has 0 bridgehead atoms. The van der Waals surface area contributed by atoms with Crippen LogP contribution in [0.2, 0.25) is 19.6 Å². The van der Waals surface area contributed by atoms with E-state index in [1.165, 1.54) is 33.0 Å². The van der Waals surface area contributed by atoms with Crippen LogP contribution in [0.4, 0.5) is 0 Å². The van der Waals surface area contributed by atoms with Gasteiger partial charge in [0.05, 0.1) is 0 Å². The molecule has 138 valence electrons. The summed E-state index contributed by atoms with van der Waals surface area (Å²) in [5.74, 6) is 0. The number of rotatable bonds is 3. The number of hydrogen-bond acceptors (Lipinski definition) is 0. The second-order valence-electron chi connectivity index (χ2n) is 7.98. The molecule has 0 saturated heterocycles. The summed E-state index contributed by atoms with van der Waals surface area (Å²) >= 11 is 0. The average molecular weight is 452 g/mol. The number of aryl methyl sites for hydroxylation is 1. The summed E-state index contributed by atoms with van der Waals surface area (Å²) in [6.07, 6.45) is 7.26. The van der Waals surface area contributed by atoms with Crippen molar-refractivity contribution in [3.05, 3.63) is 57.3 Å². The van der Waals surface area contributed by atoms with Gasteiger partial charge in [0.25, 0.3) is 0 Å². The van der Waals surface area contributed by atoms with Gasteiger partial charge < -0.3 is 37.2 Å². The van der Waals surface area contributed by atoms with E-state index in [4.69, 9.17) is 0 Å². The molecule has 0 aromatic heterocycles. The second-order valence-corrected chi connectivity index (χ2v) is 13.0. The molecular weight excluding hydrogens is 423 g/mol. The first-order valence-corrected chi connectivity index (χ1v) is 11.5. The van der Waals surface area contributed by atoms with Crippen LogP contribution in [0.3, 0.4) is 0 Å². The minimum absolute atomic E-state index is 0. The third-order valence-electron chi connectivity index (χ3n) is 5.09. The van der Waals surface area contributed by atoms with E-state index < -0.39 is 8.07 Å². The molecule has 0 saturated carbocycles. The Labute approximate surface area is 189 Å². The van der Waals surface area contributed by atoms with Gasteiger partial charge in [-0.25, -0.2) is 11.3 Å². The molecule has 0 unspecified atom stereocenters. The van der Waals surface area contributed by atoms with Gasteiger partial charge in [0, 0.05) is 8.07 Å². The first-order valence-electron chi connectivity index (χ1n) is 7.96. The summed E-state index contributed by atoms with van der Waals surface area (Å²) in [6.45, 7) is 18.6. The van der Waals surface area contributed by atoms with E-state index in [1.54, 1.807) is 0 Å². The molecule has 0 amide bonds. The number of hydrogen-bond donors (Lipinski definition) is 0. The van der Waals surface area contributed by atoms with Crippen LogP contribution in [-0.2, 0) is 27.1 Å². The first kappa shape index (κ1) is 30.2. The van der Waals surface area contributed by atoms with E-state index in [0.29, 0.717) is 0 Å². The van der Waals surface area contributed by atoms with Gasteiger partial charge in [-0.3, -0.25) is 6.08 Å². The molecule has 0 fully saturated rings. The van der Waals surface area contributed by atoms with Gasteiger partial charge in [-0.05, 0) is 48.4 Å². The summed E-state index contributed by atoms with van der Waals surface area (Å²) in [7, 11) is -1.25. The Morgan fingerprint density at radius 3 is 1.88 bits per heavy atom. The number of halogens is 3. The fraction of sp³-hybridized carbons (Fsp3) is 0.500. The SMILES string of the molecule is Cc1ccc(C(C)(C)C2=[C-]C([Si](C)(C)C)=CC2)c(C)c1C.[Cl-].[Cl-].[Cl-].[Ti+4]. The third-order valence-corrected chi connectivity index (χ3v) is 7.03. The van der Waals surface area contributed by atoms with Crippen LogP contribution in [0.25, 0.3) is 0 Å². The predicted molar refractivity (Wildman–Crippen MR) is 96.5 cm³/mol. The molecular formula is C20H29Cl3SiTi. The van der Waals surface area contributed by atoms with Gasteiger partial charge in [-0.2, -0.15) is 5.57 Å². The second kappa shape index (κ2) is 10.7. The Morgan fingerprint density at radius 2 is 1.44 bits per heavy atom. The van der Waals surface area contributed by atoms with E-state index in [9.17, 15) is 0 Å². The van der Waals surface area contributed by atoms with Crippen molar-refractivity contribution in [2.45, 2.75) is 66.1 Å². The zero-order valence-corrected chi connectivity index (χ0v) is 21.4. The van der Waals surface area contributed by atoms with Gasteiger partial charge in [0.15, 0.2) is 0 Å². The van der Waals surface area contributed by atoms with E-state index >= 15 is 0 Å². The normalized spacial score (nSPS) is 13.4. The maximum atomic E-state index is 3.77. The van der Waals surface area contributed by atoms with Crippen molar-refractivity contribution in [2.24, 2.45) is 0 Å². The molecule has 0 atom stereocenters. The summed E-state index contributed by atoms with van der Waals surface area (Å²) in [4.78, 5) is 0. The summed E-state index contributed by atoms with van der Waals surface area (Å²) in [5, 5.41) is 1.49. The minimum Gasteiger partial charge on any atom is -1.00 e. The maximum Gasteiger partial charge on any atom is 4.00 e. The molecule has 2 rings (SSSR count). The summed E-state index contributed by atoms with van der Waals surface area (Å²) < 4.78 is 0. The fourth-order valence-corrected chi connectivity index (χ4v) is 4.41. The Bertz CT molecular complexity index is 641. The molecule has 1 aromatic rings. The molecule has 0 N–H and O–H groups in total. The average Bonchev–Trinajstić information content (AvgIpc) is 2.85. The van der Waals surface area contributed by atoms with E-state index in [1.807, 2.05) is 0 Å². The topological polar surface area (TPSA) is 0 Å². The van der Waals surface area contributed by atoms with Crippen molar-refractivity contribution in [1.82, 2.24) is 0 Å². The van der Waals surface area contributed by atoms with Crippen molar-refractivity contribution in [3.8, 4) is 0 Å². The van der Waals surface area contributed by atoms with Gasteiger partial charge in [0.2, 0.25) is 0 Å². The first-order chi connectivity index (χ1) is 9.55. The van der Waals surface area contributed by atoms with Gasteiger partial charge in [-0.15, -0.1) is 0 Å². The Hall–Kier alpha value is 0.501. The molecule has 25 heavy (non-hydrogen) atoms. The van der Waals surface area contributed by atoms with Crippen LogP contribution >= 0.6 is 0 Å². The van der Waals surface area contributed by atoms with Crippen molar-refractivity contribution < 1.29 is 58.9 Å². The Kier molecular flexibility index (Phi) is 13.0. The molecule has 0 heterocycles. The minimum atomic E-state index is -1.25. The van der Waals surface area contributed by atoms with Gasteiger partial charge in [0.1, 0.15) is 0 Å². The zero-order valence-electron chi connectivity index (χ0n) is 16.6. The third kappa shape index (κ3) is 6.26. The van der Waals surface area contributed by atoms with Crippen molar-refractivity contribution in [2.75, 3.05) is 0 Å². The van der Waals surface area contributed by atoms with Crippen molar-refractivity contribution in [3.63, 3.8) is 0 Å². The summed E-state index contributed by atoms with van der Waals surface area (Å²) in [6, 6.07) is 4.58. The van der Waals surface area contributed by atoms with Gasteiger partial charge >= 0.3 is 21.7 Å². The van der Waals surface area contributed by atoms with Gasteiger partial charge in [-0.1, -0.05) is 52.0 Å². The molecule has 5 heteroatoms. The van der Waals surface area contributed by atoms with Crippen LogP contribution in [-0.4, -0.2) is 8.07 Å². The molecule has 0 radical (unpaired) electrons. The van der Waals surface area contributed by atoms with Crippen LogP contribution < -0.4 is 37.2 Å². The molecule has 0 aliphatic heterocycles. The number of allylic oxidation sites excluding steroid dienone is 4. The van der Waals surface area contributed by atoms with Crippen LogP contribution in [0.1, 0.15) is 42.5 Å². The molecule has 1 aromatic carbocycles. The van der Waals surface area contributed by atoms with Crippen molar-refractivity contribution in [1.29, 1.82) is 0 Å². The Morgan fingerprint density at radius 1 is 0.920 bits per heavy atom. The number of benzene rings is 1. The molecule has 0 nitrogen and oxygen atoms in total. The predicted octanol–water partition coefficient (Wildman–Crippen LogP) is -3.16. The standard InChI is InChI=1S/C20H29Si.3ClH.Ti/c1-14-9-12-19(16(3)15(14)2)20(4,5)17-10-11-18(13-17)21(6,7)8;;;;/h9,11-12H,10H2,1-8H3;3*1H;/q-1;;;;+4/p-3. The molecule has 1 aliphatic carbocycles. The smallest absolute Gasteiger partial charge is 1.00 e. The quantitative estimate of drug-likeness (QED) is 0.336. The summed E-state index contributed by atoms with van der Waals surface area (Å²) in [5.41, 5.74) is 7.23.